The van der Waals surface area contributed by atoms with Gasteiger partial charge in [0.1, 0.15) is 0 Å². The first kappa shape index (κ1) is 14.5. The van der Waals surface area contributed by atoms with Crippen LogP contribution in [0.3, 0.4) is 0 Å². The van der Waals surface area contributed by atoms with Crippen LogP contribution in [0.1, 0.15) is 39.0 Å². The van der Waals surface area contributed by atoms with E-state index >= 15 is 0 Å². The topological polar surface area (TPSA) is 81.4 Å². The third-order valence-electron chi connectivity index (χ3n) is 3.59. The number of rotatable bonds is 5. The average molecular weight is 252 g/mol. The number of nitriles is 1. The van der Waals surface area contributed by atoms with Crippen molar-refractivity contribution < 1.29 is 14.7 Å². The van der Waals surface area contributed by atoms with Crippen molar-refractivity contribution in [2.75, 3.05) is 13.1 Å². The van der Waals surface area contributed by atoms with Gasteiger partial charge in [-0.25, -0.2) is 0 Å². The summed E-state index contributed by atoms with van der Waals surface area (Å²) in [4.78, 5) is 25.1. The maximum Gasteiger partial charge on any atom is 0.307 e. The highest BCUT2D eigenvalue weighted by atomic mass is 16.4. The molecule has 0 aromatic carbocycles. The zero-order valence-corrected chi connectivity index (χ0v) is 10.8. The van der Waals surface area contributed by atoms with Crippen LogP contribution < -0.4 is 0 Å². The third kappa shape index (κ3) is 3.46. The van der Waals surface area contributed by atoms with Crippen LogP contribution in [0.15, 0.2) is 0 Å². The molecule has 5 nitrogen and oxygen atoms in total. The van der Waals surface area contributed by atoms with Gasteiger partial charge in [0.15, 0.2) is 0 Å². The molecule has 1 amide bonds. The Morgan fingerprint density at radius 2 is 1.94 bits per heavy atom. The van der Waals surface area contributed by atoms with Crippen molar-refractivity contribution in [1.29, 1.82) is 5.26 Å². The second kappa shape index (κ2) is 7.00. The zero-order valence-electron chi connectivity index (χ0n) is 10.8. The molecule has 1 N–H and O–H groups in total. The Morgan fingerprint density at radius 1 is 1.33 bits per heavy atom. The summed E-state index contributed by atoms with van der Waals surface area (Å²) in [5, 5.41) is 17.7. The van der Waals surface area contributed by atoms with Gasteiger partial charge in [-0.2, -0.15) is 5.26 Å². The predicted molar refractivity (Wildman–Crippen MR) is 65.6 cm³/mol. The molecule has 2 atom stereocenters. The van der Waals surface area contributed by atoms with E-state index in [-0.39, 0.29) is 5.91 Å². The fourth-order valence-corrected chi connectivity index (χ4v) is 2.57. The summed E-state index contributed by atoms with van der Waals surface area (Å²) in [6.45, 7) is 2.78. The number of carbonyl (C=O) groups is 2. The van der Waals surface area contributed by atoms with E-state index in [2.05, 4.69) is 0 Å². The summed E-state index contributed by atoms with van der Waals surface area (Å²) in [6.07, 6.45) is 3.32. The standard InChI is InChI=1S/C13H20N2O3/c1-2-15(9-5-8-14)12(16)10-6-3-4-7-11(10)13(17)18/h10-11H,2-7,9H2,1H3,(H,17,18). The smallest absolute Gasteiger partial charge is 0.307 e. The first-order valence-corrected chi connectivity index (χ1v) is 6.50. The molecule has 1 rings (SSSR count). The lowest BCUT2D eigenvalue weighted by Gasteiger charge is -2.32. The lowest BCUT2D eigenvalue weighted by Crippen LogP contribution is -2.42. The van der Waals surface area contributed by atoms with E-state index in [0.29, 0.717) is 32.4 Å². The summed E-state index contributed by atoms with van der Waals surface area (Å²) in [5.41, 5.74) is 0. The normalized spacial score (nSPS) is 23.1. The van der Waals surface area contributed by atoms with E-state index in [1.807, 2.05) is 13.0 Å². The fourth-order valence-electron chi connectivity index (χ4n) is 2.57. The van der Waals surface area contributed by atoms with E-state index < -0.39 is 17.8 Å². The minimum Gasteiger partial charge on any atom is -0.481 e. The zero-order chi connectivity index (χ0) is 13.5. The molecular weight excluding hydrogens is 232 g/mol. The molecule has 0 aromatic rings. The molecule has 1 saturated carbocycles. The van der Waals surface area contributed by atoms with E-state index in [4.69, 9.17) is 10.4 Å². The van der Waals surface area contributed by atoms with Gasteiger partial charge in [-0.05, 0) is 19.8 Å². The van der Waals surface area contributed by atoms with Gasteiger partial charge in [0.05, 0.1) is 24.3 Å². The summed E-state index contributed by atoms with van der Waals surface area (Å²) >= 11 is 0. The molecule has 0 bridgehead atoms. The van der Waals surface area contributed by atoms with Crippen LogP contribution in [0, 0.1) is 23.2 Å². The van der Waals surface area contributed by atoms with Crippen LogP contribution in [0.25, 0.3) is 0 Å². The lowest BCUT2D eigenvalue weighted by molar-refractivity contribution is -0.152. The molecule has 5 heteroatoms. The molecule has 1 aliphatic carbocycles. The van der Waals surface area contributed by atoms with Crippen molar-refractivity contribution in [2.45, 2.75) is 39.0 Å². The molecule has 0 spiro atoms. The summed E-state index contributed by atoms with van der Waals surface area (Å²) in [7, 11) is 0. The first-order valence-electron chi connectivity index (χ1n) is 6.50. The maximum absolute atomic E-state index is 12.3. The fraction of sp³-hybridized carbons (Fsp3) is 0.769. The summed E-state index contributed by atoms with van der Waals surface area (Å²) < 4.78 is 0. The molecule has 18 heavy (non-hydrogen) atoms. The molecule has 1 fully saturated rings. The molecule has 2 unspecified atom stereocenters. The number of hydrogen-bond donors (Lipinski definition) is 1. The van der Waals surface area contributed by atoms with Gasteiger partial charge < -0.3 is 10.0 Å². The van der Waals surface area contributed by atoms with E-state index in [1.165, 1.54) is 0 Å². The monoisotopic (exact) mass is 252 g/mol. The van der Waals surface area contributed by atoms with Gasteiger partial charge in [0, 0.05) is 13.1 Å². The minimum atomic E-state index is -0.871. The molecule has 0 aliphatic heterocycles. The van der Waals surface area contributed by atoms with Crippen molar-refractivity contribution in [3.05, 3.63) is 0 Å². The molecule has 100 valence electrons. The van der Waals surface area contributed by atoms with Gasteiger partial charge in [0.2, 0.25) is 5.91 Å². The van der Waals surface area contributed by atoms with Crippen molar-refractivity contribution in [3.8, 4) is 6.07 Å². The van der Waals surface area contributed by atoms with Gasteiger partial charge in [-0.3, -0.25) is 9.59 Å². The van der Waals surface area contributed by atoms with Gasteiger partial charge in [-0.1, -0.05) is 12.8 Å². The third-order valence-corrected chi connectivity index (χ3v) is 3.59. The SMILES string of the molecule is CCN(CCC#N)C(=O)C1CCCCC1C(=O)O. The van der Waals surface area contributed by atoms with E-state index in [9.17, 15) is 9.59 Å². The average Bonchev–Trinajstić information content (AvgIpc) is 2.39. The second-order valence-corrected chi connectivity index (χ2v) is 4.66. The highest BCUT2D eigenvalue weighted by Gasteiger charge is 2.37. The Hall–Kier alpha value is -1.57. The van der Waals surface area contributed by atoms with Crippen LogP contribution in [-0.2, 0) is 9.59 Å². The van der Waals surface area contributed by atoms with Crippen LogP contribution in [0.4, 0.5) is 0 Å². The quantitative estimate of drug-likeness (QED) is 0.806. The Morgan fingerprint density at radius 3 is 2.44 bits per heavy atom. The number of aliphatic carboxylic acids is 1. The van der Waals surface area contributed by atoms with Gasteiger partial charge in [-0.15, -0.1) is 0 Å². The van der Waals surface area contributed by atoms with E-state index in [1.54, 1.807) is 4.90 Å². The molecule has 1 aliphatic rings. The predicted octanol–water partition coefficient (Wildman–Crippen LogP) is 1.64. The molecule has 0 aromatic heterocycles. The van der Waals surface area contributed by atoms with Crippen molar-refractivity contribution in [1.82, 2.24) is 4.90 Å². The Labute approximate surface area is 107 Å². The maximum atomic E-state index is 12.3. The Balaban J connectivity index is 2.72. The molecule has 0 radical (unpaired) electrons. The lowest BCUT2D eigenvalue weighted by atomic mass is 9.78. The van der Waals surface area contributed by atoms with Crippen LogP contribution in [0.2, 0.25) is 0 Å². The van der Waals surface area contributed by atoms with Crippen molar-refractivity contribution >= 4 is 11.9 Å². The summed E-state index contributed by atoms with van der Waals surface area (Å²) in [5.74, 6) is -1.93. The van der Waals surface area contributed by atoms with Crippen LogP contribution in [-0.4, -0.2) is 35.0 Å². The number of carboxylic acid groups (broad SMARTS) is 1. The minimum absolute atomic E-state index is 0.0974. The van der Waals surface area contributed by atoms with Gasteiger partial charge >= 0.3 is 5.97 Å². The number of carboxylic acids is 1. The highest BCUT2D eigenvalue weighted by molar-refractivity contribution is 5.85. The van der Waals surface area contributed by atoms with Gasteiger partial charge in [0.25, 0.3) is 0 Å². The number of nitrogens with zero attached hydrogens (tertiary/aromatic N) is 2. The highest BCUT2D eigenvalue weighted by Crippen LogP contribution is 2.31. The molecule has 0 saturated heterocycles. The molecular formula is C13H20N2O3. The number of carbonyl (C=O) groups excluding carboxylic acids is 1. The molecule has 0 heterocycles. The number of amides is 1. The largest absolute Gasteiger partial charge is 0.481 e. The van der Waals surface area contributed by atoms with Crippen molar-refractivity contribution in [3.63, 3.8) is 0 Å². The van der Waals surface area contributed by atoms with Crippen LogP contribution in [0.5, 0.6) is 0 Å². The first-order chi connectivity index (χ1) is 8.61. The van der Waals surface area contributed by atoms with Crippen molar-refractivity contribution in [2.24, 2.45) is 11.8 Å². The Kier molecular flexibility index (Phi) is 5.63. The van der Waals surface area contributed by atoms with E-state index in [0.717, 1.165) is 12.8 Å². The Bertz CT molecular complexity index is 349. The van der Waals surface area contributed by atoms with Crippen LogP contribution >= 0.6 is 0 Å². The second-order valence-electron chi connectivity index (χ2n) is 4.66. The number of hydrogen-bond acceptors (Lipinski definition) is 3. The summed E-state index contributed by atoms with van der Waals surface area (Å²) in [6, 6.07) is 2.01.